The molecule has 33 heavy (non-hydrogen) atoms. The Morgan fingerprint density at radius 2 is 1.88 bits per heavy atom. The zero-order chi connectivity index (χ0) is 22.7. The van der Waals surface area contributed by atoms with E-state index in [9.17, 15) is 13.6 Å². The van der Waals surface area contributed by atoms with E-state index in [1.807, 2.05) is 17.0 Å². The summed E-state index contributed by atoms with van der Waals surface area (Å²) in [7, 11) is 1.78. The van der Waals surface area contributed by atoms with Crippen LogP contribution >= 0.6 is 0 Å². The Bertz CT molecular complexity index is 1400. The van der Waals surface area contributed by atoms with Crippen LogP contribution in [-0.4, -0.2) is 36.6 Å². The largest absolute Gasteiger partial charge is 0.325 e. The highest BCUT2D eigenvalue weighted by Crippen LogP contribution is 2.45. The molecule has 0 unspecified atom stereocenters. The average Bonchev–Trinajstić information content (AvgIpc) is 3.13. The van der Waals surface area contributed by atoms with Crippen LogP contribution in [0.25, 0.3) is 22.3 Å². The SMILES string of the molecule is Cn1nc2c(c1-c1cc(F)cc(F)c1)C[C@H]1CCC[C@@H]2N1C(=O)c1ccc2ncccc2n1. The summed E-state index contributed by atoms with van der Waals surface area (Å²) in [5, 5.41) is 4.73. The van der Waals surface area contributed by atoms with Crippen LogP contribution in [0.1, 0.15) is 47.1 Å². The van der Waals surface area contributed by atoms with Crippen molar-refractivity contribution in [2.75, 3.05) is 0 Å². The minimum absolute atomic E-state index is 0.0171. The van der Waals surface area contributed by atoms with E-state index in [1.54, 1.807) is 30.1 Å². The Balaban J connectivity index is 1.42. The third-order valence-corrected chi connectivity index (χ3v) is 6.72. The van der Waals surface area contributed by atoms with Crippen molar-refractivity contribution in [1.82, 2.24) is 24.6 Å². The minimum Gasteiger partial charge on any atom is -0.325 e. The highest BCUT2D eigenvalue weighted by molar-refractivity contribution is 5.95. The van der Waals surface area contributed by atoms with E-state index in [0.29, 0.717) is 28.9 Å². The molecule has 6 rings (SSSR count). The van der Waals surface area contributed by atoms with Gasteiger partial charge in [-0.05, 0) is 62.1 Å². The Morgan fingerprint density at radius 3 is 2.70 bits per heavy atom. The summed E-state index contributed by atoms with van der Waals surface area (Å²) in [5.41, 5.74) is 4.76. The van der Waals surface area contributed by atoms with Gasteiger partial charge >= 0.3 is 0 Å². The second kappa shape index (κ2) is 7.43. The van der Waals surface area contributed by atoms with Crippen LogP contribution < -0.4 is 0 Å². The van der Waals surface area contributed by atoms with E-state index in [-0.39, 0.29) is 18.0 Å². The average molecular weight is 445 g/mol. The number of carbonyl (C=O) groups is 1. The Kier molecular flexibility index (Phi) is 4.50. The van der Waals surface area contributed by atoms with Crippen molar-refractivity contribution in [2.45, 2.75) is 37.8 Å². The highest BCUT2D eigenvalue weighted by atomic mass is 19.1. The number of halogens is 2. The Labute approximate surface area is 188 Å². The summed E-state index contributed by atoms with van der Waals surface area (Å²) >= 11 is 0. The maximum atomic E-state index is 13.9. The quantitative estimate of drug-likeness (QED) is 0.452. The van der Waals surface area contributed by atoms with Crippen LogP contribution in [-0.2, 0) is 13.5 Å². The minimum atomic E-state index is -0.621. The molecule has 4 aromatic rings. The van der Waals surface area contributed by atoms with E-state index < -0.39 is 11.6 Å². The predicted octanol–water partition coefficient (Wildman–Crippen LogP) is 4.60. The van der Waals surface area contributed by atoms with Gasteiger partial charge in [-0.25, -0.2) is 13.8 Å². The lowest BCUT2D eigenvalue weighted by atomic mass is 9.81. The molecule has 8 heteroatoms. The summed E-state index contributed by atoms with van der Waals surface area (Å²) in [5.74, 6) is -1.36. The molecule has 6 nitrogen and oxygen atoms in total. The molecule has 2 bridgehead atoms. The molecule has 1 saturated heterocycles. The van der Waals surface area contributed by atoms with Gasteiger partial charge in [0.25, 0.3) is 5.91 Å². The van der Waals surface area contributed by atoms with Crippen LogP contribution in [0.15, 0.2) is 48.7 Å². The predicted molar refractivity (Wildman–Crippen MR) is 118 cm³/mol. The maximum absolute atomic E-state index is 13.9. The van der Waals surface area contributed by atoms with Crippen LogP contribution in [0.2, 0.25) is 0 Å². The number of rotatable bonds is 2. The van der Waals surface area contributed by atoms with Crippen molar-refractivity contribution in [3.8, 4) is 11.3 Å². The Hall–Kier alpha value is -3.68. The normalized spacial score (nSPS) is 19.5. The van der Waals surface area contributed by atoms with Crippen molar-refractivity contribution in [3.63, 3.8) is 0 Å². The number of benzene rings is 1. The second-order valence-electron chi connectivity index (χ2n) is 8.75. The van der Waals surface area contributed by atoms with E-state index in [4.69, 9.17) is 5.10 Å². The van der Waals surface area contributed by atoms with Gasteiger partial charge in [0, 0.05) is 36.5 Å². The first kappa shape index (κ1) is 20.0. The van der Waals surface area contributed by atoms with Gasteiger partial charge in [-0.2, -0.15) is 5.10 Å². The lowest BCUT2D eigenvalue weighted by molar-refractivity contribution is 0.0386. The molecule has 3 aromatic heterocycles. The molecule has 2 aliphatic heterocycles. The molecular weight excluding hydrogens is 424 g/mol. The first-order chi connectivity index (χ1) is 16.0. The van der Waals surface area contributed by atoms with Crippen LogP contribution in [0, 0.1) is 11.6 Å². The molecular formula is C25H21F2N5O. The number of fused-ring (bicyclic) bond motifs is 5. The van der Waals surface area contributed by atoms with Crippen molar-refractivity contribution in [3.05, 3.63) is 77.2 Å². The van der Waals surface area contributed by atoms with Gasteiger partial charge in [-0.15, -0.1) is 0 Å². The number of hydrogen-bond donors (Lipinski definition) is 0. The smallest absolute Gasteiger partial charge is 0.273 e. The monoisotopic (exact) mass is 445 g/mol. The third kappa shape index (κ3) is 3.20. The lowest BCUT2D eigenvalue weighted by Gasteiger charge is -2.45. The zero-order valence-electron chi connectivity index (χ0n) is 18.0. The molecule has 0 aliphatic carbocycles. The lowest BCUT2D eigenvalue weighted by Crippen LogP contribution is -2.50. The van der Waals surface area contributed by atoms with Crippen molar-refractivity contribution in [1.29, 1.82) is 0 Å². The highest BCUT2D eigenvalue weighted by Gasteiger charge is 2.43. The fourth-order valence-electron chi connectivity index (χ4n) is 5.41. The summed E-state index contributed by atoms with van der Waals surface area (Å²) in [6.07, 6.45) is 4.94. The number of hydrogen-bond acceptors (Lipinski definition) is 4. The van der Waals surface area contributed by atoms with Crippen LogP contribution in [0.4, 0.5) is 8.78 Å². The molecule has 1 fully saturated rings. The zero-order valence-corrected chi connectivity index (χ0v) is 18.0. The van der Waals surface area contributed by atoms with Gasteiger partial charge in [0.2, 0.25) is 0 Å². The van der Waals surface area contributed by atoms with E-state index in [2.05, 4.69) is 9.97 Å². The van der Waals surface area contributed by atoms with E-state index >= 15 is 0 Å². The number of carbonyl (C=O) groups excluding carboxylic acids is 1. The molecule has 0 N–H and O–H groups in total. The molecule has 1 aromatic carbocycles. The fourth-order valence-corrected chi connectivity index (χ4v) is 5.41. The molecule has 0 radical (unpaired) electrons. The van der Waals surface area contributed by atoms with Gasteiger partial charge in [0.05, 0.1) is 28.5 Å². The van der Waals surface area contributed by atoms with Crippen molar-refractivity contribution in [2.24, 2.45) is 7.05 Å². The van der Waals surface area contributed by atoms with Gasteiger partial charge in [0.15, 0.2) is 0 Å². The van der Waals surface area contributed by atoms with Gasteiger partial charge in [0.1, 0.15) is 17.3 Å². The van der Waals surface area contributed by atoms with Crippen molar-refractivity contribution < 1.29 is 13.6 Å². The standard InChI is InChI=1S/C25H21F2N5O/c1-31-24(14-10-15(26)12-16(27)11-14)18-13-17-4-2-6-22(23(18)30-31)32(17)25(33)21-8-7-19-20(29-21)5-3-9-28-19/h3,5,7-12,17,22H,2,4,6,13H2,1H3/t17-,22+/m1/s1. The number of aromatic nitrogens is 4. The summed E-state index contributed by atoms with van der Waals surface area (Å²) < 4.78 is 29.6. The molecule has 2 aliphatic rings. The number of pyridine rings is 2. The molecule has 0 spiro atoms. The Morgan fingerprint density at radius 1 is 1.06 bits per heavy atom. The molecule has 166 valence electrons. The maximum Gasteiger partial charge on any atom is 0.273 e. The molecule has 5 heterocycles. The van der Waals surface area contributed by atoms with E-state index in [0.717, 1.165) is 42.1 Å². The van der Waals surface area contributed by atoms with Crippen LogP contribution in [0.5, 0.6) is 0 Å². The topological polar surface area (TPSA) is 63.9 Å². The van der Waals surface area contributed by atoms with Crippen molar-refractivity contribution >= 4 is 16.9 Å². The van der Waals surface area contributed by atoms with Crippen LogP contribution in [0.3, 0.4) is 0 Å². The number of aryl methyl sites for hydroxylation is 1. The molecule has 0 saturated carbocycles. The first-order valence-corrected chi connectivity index (χ1v) is 11.1. The summed E-state index contributed by atoms with van der Waals surface area (Å²) in [4.78, 5) is 24.4. The first-order valence-electron chi connectivity index (χ1n) is 11.1. The third-order valence-electron chi connectivity index (χ3n) is 6.72. The van der Waals surface area contributed by atoms with Gasteiger partial charge < -0.3 is 4.90 Å². The molecule has 1 amide bonds. The second-order valence-corrected chi connectivity index (χ2v) is 8.75. The van der Waals surface area contributed by atoms with E-state index in [1.165, 1.54) is 12.1 Å². The fraction of sp³-hybridized carbons (Fsp3) is 0.280. The molecule has 2 atom stereocenters. The van der Waals surface area contributed by atoms with Gasteiger partial charge in [-0.3, -0.25) is 14.5 Å². The number of nitrogens with zero attached hydrogens (tertiary/aromatic N) is 5. The van der Waals surface area contributed by atoms with Gasteiger partial charge in [-0.1, -0.05) is 0 Å². The number of piperidine rings is 1. The number of amides is 1. The summed E-state index contributed by atoms with van der Waals surface area (Å²) in [6, 6.07) is 10.5. The summed E-state index contributed by atoms with van der Waals surface area (Å²) in [6.45, 7) is 0.